The fourth-order valence-electron chi connectivity index (χ4n) is 6.46. The van der Waals surface area contributed by atoms with Crippen LogP contribution in [-0.4, -0.2) is 39.6 Å². The van der Waals surface area contributed by atoms with E-state index in [9.17, 15) is 28.4 Å². The van der Waals surface area contributed by atoms with Gasteiger partial charge < -0.3 is 41.8 Å². The van der Waals surface area contributed by atoms with E-state index in [2.05, 4.69) is 41.5 Å². The molecule has 0 bridgehead atoms. The van der Waals surface area contributed by atoms with Crippen LogP contribution in [0.5, 0.6) is 0 Å². The van der Waals surface area contributed by atoms with Crippen molar-refractivity contribution in [2.24, 2.45) is 0 Å². The summed E-state index contributed by atoms with van der Waals surface area (Å²) >= 11 is 0. The van der Waals surface area contributed by atoms with Crippen LogP contribution in [0.3, 0.4) is 0 Å². The molecule has 0 saturated carbocycles. The van der Waals surface area contributed by atoms with Crippen LogP contribution in [0.4, 0.5) is 0 Å². The van der Waals surface area contributed by atoms with Crippen molar-refractivity contribution in [1.29, 1.82) is 0 Å². The van der Waals surface area contributed by atoms with Crippen LogP contribution in [0.1, 0.15) is 273 Å². The third-order valence-electron chi connectivity index (χ3n) is 10.5. The Morgan fingerprint density at radius 3 is 0.469 bits per heavy atom. The first-order valence-corrected chi connectivity index (χ1v) is 30.5. The van der Waals surface area contributed by atoms with Gasteiger partial charge in [0.25, 0.3) is 23.5 Å². The van der Waals surface area contributed by atoms with Gasteiger partial charge in [0.2, 0.25) is 0 Å². The molecule has 0 aliphatic carbocycles. The van der Waals surface area contributed by atoms with Crippen molar-refractivity contribution < 1.29 is 72.9 Å². The van der Waals surface area contributed by atoms with Crippen LogP contribution in [0.25, 0.3) is 0 Å². The Balaban J connectivity index is -0.000000419. The Morgan fingerprint density at radius 2 is 0.344 bits per heavy atom. The summed E-state index contributed by atoms with van der Waals surface area (Å²) < 4.78 is 63.6. The van der Waals surface area contributed by atoms with Gasteiger partial charge in [0.1, 0.15) is 0 Å². The predicted molar refractivity (Wildman–Crippen MR) is 259 cm³/mol. The second-order valence-electron chi connectivity index (χ2n) is 16.9. The summed E-state index contributed by atoms with van der Waals surface area (Å²) in [5.41, 5.74) is 0. The topological polar surface area (TPSA) is 176 Å². The number of hydrogen-bond acceptors (Lipinski definition) is 12. The van der Waals surface area contributed by atoms with Gasteiger partial charge in [-0.15, -0.1) is 0 Å². The van der Waals surface area contributed by atoms with E-state index in [1.54, 1.807) is 0 Å². The van der Waals surface area contributed by atoms with Gasteiger partial charge in [-0.1, -0.05) is 234 Å². The van der Waals surface area contributed by atoms with Gasteiger partial charge >= 0.3 is 17.4 Å². The zero-order valence-electron chi connectivity index (χ0n) is 42.3. The number of unbranched alkanes of at least 4 members (excludes halogenated alkanes) is 30. The molecule has 1 radical (unpaired) electrons. The fraction of sp³-hybridized carbons (Fsp3) is 1.00. The monoisotopic (exact) mass is 1020 g/mol. The van der Waals surface area contributed by atoms with E-state index >= 15 is 0 Å². The SMILES string of the molecule is CCCCCCCCOP(=O)([O-])OCCCCCCCC.CCCCCCCCOP(=O)([O-])OCCCCCCCC.CCCCCCCCOP(=O)([O-])OCCCCCCCC.[Cr+3]. The number of hydrogen-bond donors (Lipinski definition) is 0. The van der Waals surface area contributed by atoms with Crippen molar-refractivity contribution in [3.8, 4) is 0 Å². The Morgan fingerprint density at radius 1 is 0.234 bits per heavy atom. The second-order valence-corrected chi connectivity index (χ2v) is 21.2. The Hall–Kier alpha value is 0.862. The molecule has 0 aliphatic rings. The van der Waals surface area contributed by atoms with Gasteiger partial charge in [0, 0.05) is 0 Å². The molecule has 0 aromatic carbocycles. The molecule has 0 saturated heterocycles. The first-order chi connectivity index (χ1) is 30.4. The van der Waals surface area contributed by atoms with Crippen molar-refractivity contribution in [2.75, 3.05) is 39.6 Å². The van der Waals surface area contributed by atoms with Crippen molar-refractivity contribution in [2.45, 2.75) is 273 Å². The summed E-state index contributed by atoms with van der Waals surface area (Å²) in [5, 5.41) is 0. The molecule has 64 heavy (non-hydrogen) atoms. The molecule has 0 aliphatic heterocycles. The zero-order chi connectivity index (χ0) is 47.4. The minimum atomic E-state index is -4.07. The van der Waals surface area contributed by atoms with Gasteiger partial charge in [-0.2, -0.15) is 0 Å². The molecule has 0 rings (SSSR count). The van der Waals surface area contributed by atoms with Crippen molar-refractivity contribution in [1.82, 2.24) is 0 Å². The number of phosphoric acid groups is 3. The van der Waals surface area contributed by atoms with E-state index in [1.807, 2.05) is 0 Å². The van der Waals surface area contributed by atoms with Gasteiger partial charge in [0.05, 0.1) is 39.6 Å². The molecular weight excluding hydrogens is 913 g/mol. The summed E-state index contributed by atoms with van der Waals surface area (Å²) in [6.07, 6.45) is 40.0. The zero-order valence-corrected chi connectivity index (χ0v) is 46.3. The van der Waals surface area contributed by atoms with Gasteiger partial charge in [-0.3, -0.25) is 13.7 Å². The third kappa shape index (κ3) is 64.9. The van der Waals surface area contributed by atoms with Gasteiger partial charge in [-0.25, -0.2) is 0 Å². The molecular formula is C48H102CrO12P3. The van der Waals surface area contributed by atoms with Crippen molar-refractivity contribution in [3.05, 3.63) is 0 Å². The van der Waals surface area contributed by atoms with E-state index in [0.29, 0.717) is 0 Å². The van der Waals surface area contributed by atoms with Crippen molar-refractivity contribution in [3.63, 3.8) is 0 Å². The minimum Gasteiger partial charge on any atom is -0.756 e. The fourth-order valence-corrected chi connectivity index (χ4v) is 8.80. The third-order valence-corrected chi connectivity index (χ3v) is 13.5. The molecule has 0 N–H and O–H groups in total. The minimum absolute atomic E-state index is 0. The molecule has 0 unspecified atom stereocenters. The van der Waals surface area contributed by atoms with Crippen LogP contribution in [0.15, 0.2) is 0 Å². The van der Waals surface area contributed by atoms with E-state index in [-0.39, 0.29) is 57.0 Å². The van der Waals surface area contributed by atoms with E-state index in [1.165, 1.54) is 116 Å². The molecule has 12 nitrogen and oxygen atoms in total. The van der Waals surface area contributed by atoms with E-state index in [4.69, 9.17) is 27.1 Å². The molecule has 0 aromatic rings. The van der Waals surface area contributed by atoms with Crippen LogP contribution in [0.2, 0.25) is 0 Å². The molecule has 0 aromatic heterocycles. The standard InChI is InChI=1S/3C16H35O4P.Cr/c3*1-3-5-7-9-11-13-15-19-21(17,18)20-16-14-12-10-8-6-4-2;/h3*3-16H2,1-2H3,(H,17,18);/q;;;+3/p-3. The van der Waals surface area contributed by atoms with E-state index < -0.39 is 23.5 Å². The molecule has 387 valence electrons. The first kappa shape index (κ1) is 71.4. The van der Waals surface area contributed by atoms with Crippen LogP contribution in [-0.2, 0) is 58.2 Å². The predicted octanol–water partition coefficient (Wildman–Crippen LogP) is 15.6. The molecule has 0 amide bonds. The Labute approximate surface area is 406 Å². The van der Waals surface area contributed by atoms with Gasteiger partial charge in [0.15, 0.2) is 0 Å². The van der Waals surface area contributed by atoms with Crippen LogP contribution in [0, 0.1) is 0 Å². The maximum absolute atomic E-state index is 11.5. The first-order valence-electron chi connectivity index (χ1n) is 26.2. The Bertz CT molecular complexity index is 841. The maximum Gasteiger partial charge on any atom is 3.00 e. The summed E-state index contributed by atoms with van der Waals surface area (Å²) in [4.78, 5) is 34.5. The molecule has 0 heterocycles. The quantitative estimate of drug-likeness (QED) is 0.0417. The number of phosphoric ester groups is 3. The largest absolute Gasteiger partial charge is 3.00 e. The summed E-state index contributed by atoms with van der Waals surface area (Å²) in [6, 6.07) is 0. The molecule has 0 spiro atoms. The second kappa shape index (κ2) is 56.4. The smallest absolute Gasteiger partial charge is 0.756 e. The normalized spacial score (nSPS) is 11.8. The van der Waals surface area contributed by atoms with Crippen LogP contribution < -0.4 is 14.7 Å². The van der Waals surface area contributed by atoms with Crippen LogP contribution >= 0.6 is 23.5 Å². The van der Waals surface area contributed by atoms with E-state index in [0.717, 1.165) is 116 Å². The summed E-state index contributed by atoms with van der Waals surface area (Å²) in [7, 11) is -12.2. The van der Waals surface area contributed by atoms with Crippen molar-refractivity contribution >= 4 is 23.5 Å². The molecule has 0 atom stereocenters. The number of rotatable bonds is 48. The summed E-state index contributed by atoms with van der Waals surface area (Å²) in [6.45, 7) is 14.6. The average molecular weight is 1020 g/mol. The summed E-state index contributed by atoms with van der Waals surface area (Å²) in [5.74, 6) is 0. The molecule has 0 fully saturated rings. The average Bonchev–Trinajstić information content (AvgIpc) is 3.25. The Kier molecular flexibility index (Phi) is 63.0. The molecule has 16 heteroatoms. The van der Waals surface area contributed by atoms with Gasteiger partial charge in [-0.05, 0) is 38.5 Å². The maximum atomic E-state index is 11.5.